The molecule has 0 saturated carbocycles. The molecule has 0 aliphatic rings. The first-order chi connectivity index (χ1) is 7.43. The van der Waals surface area contributed by atoms with Gasteiger partial charge in [-0.1, -0.05) is 11.6 Å². The third-order valence-corrected chi connectivity index (χ3v) is 2.37. The molecule has 0 spiro atoms. The molecule has 0 aromatic carbocycles. The van der Waals surface area contributed by atoms with Crippen LogP contribution >= 0.6 is 11.6 Å². The zero-order chi connectivity index (χ0) is 12.2. The highest BCUT2D eigenvalue weighted by atomic mass is 35.5. The van der Waals surface area contributed by atoms with E-state index in [1.54, 1.807) is 19.2 Å². The van der Waals surface area contributed by atoms with E-state index in [0.717, 1.165) is 0 Å². The molecule has 5 heteroatoms. The molecule has 0 aliphatic carbocycles. The molecule has 1 aromatic heterocycles. The van der Waals surface area contributed by atoms with Gasteiger partial charge in [0.1, 0.15) is 5.15 Å². The number of pyridine rings is 1. The number of carbonyl (C=O) groups is 1. The summed E-state index contributed by atoms with van der Waals surface area (Å²) < 4.78 is 5.17. The molecule has 1 amide bonds. The van der Waals surface area contributed by atoms with Gasteiger partial charge in [-0.05, 0) is 26.0 Å². The van der Waals surface area contributed by atoms with Crippen molar-refractivity contribution in [1.29, 1.82) is 0 Å². The normalized spacial score (nSPS) is 11.2. The summed E-state index contributed by atoms with van der Waals surface area (Å²) in [5.41, 5.74) is 0.158. The van der Waals surface area contributed by atoms with Crippen molar-refractivity contribution < 1.29 is 9.53 Å². The van der Waals surface area contributed by atoms with Crippen LogP contribution in [0.25, 0.3) is 0 Å². The van der Waals surface area contributed by atoms with E-state index in [1.165, 1.54) is 6.20 Å². The fourth-order valence-corrected chi connectivity index (χ4v) is 1.23. The summed E-state index contributed by atoms with van der Waals surface area (Å²) in [5.74, 6) is -0.115. The van der Waals surface area contributed by atoms with Crippen molar-refractivity contribution in [2.24, 2.45) is 0 Å². The Morgan fingerprint density at radius 2 is 2.25 bits per heavy atom. The highest BCUT2D eigenvalue weighted by molar-refractivity contribution is 6.29. The van der Waals surface area contributed by atoms with Gasteiger partial charge < -0.3 is 10.1 Å². The van der Waals surface area contributed by atoms with Gasteiger partial charge in [0, 0.05) is 7.11 Å². The van der Waals surface area contributed by atoms with Crippen molar-refractivity contribution in [3.63, 3.8) is 0 Å². The van der Waals surface area contributed by atoms with Gasteiger partial charge >= 0.3 is 0 Å². The first kappa shape index (κ1) is 12.9. The Kier molecular flexibility index (Phi) is 4.26. The maximum atomic E-state index is 11.6. The maximum absolute atomic E-state index is 11.6. The summed E-state index contributed by atoms with van der Waals surface area (Å²) in [6.07, 6.45) is 1.80. The molecular weight excluding hydrogens is 228 g/mol. The van der Waals surface area contributed by atoms with Gasteiger partial charge in [0.2, 0.25) is 5.91 Å². The number of carbonyl (C=O) groups excluding carboxylic acids is 1. The molecule has 1 heterocycles. The summed E-state index contributed by atoms with van der Waals surface area (Å²) in [7, 11) is 1.58. The number of rotatable bonds is 4. The first-order valence-corrected chi connectivity index (χ1v) is 5.27. The van der Waals surface area contributed by atoms with Crippen molar-refractivity contribution >= 4 is 23.2 Å². The minimum absolute atomic E-state index is 0.115. The van der Waals surface area contributed by atoms with E-state index in [9.17, 15) is 4.79 Å². The molecule has 0 bridgehead atoms. The third kappa shape index (κ3) is 4.16. The topological polar surface area (TPSA) is 51.2 Å². The van der Waals surface area contributed by atoms with E-state index in [2.05, 4.69) is 10.3 Å². The number of nitrogens with zero attached hydrogens (tertiary/aromatic N) is 1. The molecule has 1 N–H and O–H groups in total. The molecule has 4 nitrogen and oxygen atoms in total. The fourth-order valence-electron chi connectivity index (χ4n) is 1.11. The number of aromatic nitrogens is 1. The Morgan fingerprint density at radius 3 is 2.75 bits per heavy atom. The third-order valence-electron chi connectivity index (χ3n) is 2.15. The Hall–Kier alpha value is -1.13. The summed E-state index contributed by atoms with van der Waals surface area (Å²) >= 11 is 5.63. The van der Waals surface area contributed by atoms with E-state index in [-0.39, 0.29) is 12.3 Å². The lowest BCUT2D eigenvalue weighted by Gasteiger charge is -2.21. The Labute approximate surface area is 100.0 Å². The highest BCUT2D eigenvalue weighted by Gasteiger charge is 2.20. The molecule has 1 aromatic rings. The average molecular weight is 243 g/mol. The van der Waals surface area contributed by atoms with Crippen LogP contribution in [0.3, 0.4) is 0 Å². The molecule has 88 valence electrons. The number of hydrogen-bond acceptors (Lipinski definition) is 3. The number of methoxy groups -OCH3 is 1. The van der Waals surface area contributed by atoms with Gasteiger partial charge in [-0.25, -0.2) is 4.98 Å². The van der Waals surface area contributed by atoms with Crippen LogP contribution in [-0.4, -0.2) is 23.6 Å². The molecule has 0 atom stereocenters. The molecule has 0 saturated heterocycles. The molecule has 0 fully saturated rings. The summed E-state index contributed by atoms with van der Waals surface area (Å²) in [5, 5.41) is 3.12. The van der Waals surface area contributed by atoms with Gasteiger partial charge in [-0.3, -0.25) is 4.79 Å². The van der Waals surface area contributed by atoms with E-state index >= 15 is 0 Å². The monoisotopic (exact) mass is 242 g/mol. The maximum Gasteiger partial charge on any atom is 0.227 e. The van der Waals surface area contributed by atoms with Crippen LogP contribution in [0.5, 0.6) is 0 Å². The number of anilines is 1. The Balaban J connectivity index is 2.55. The van der Waals surface area contributed by atoms with Gasteiger partial charge in [-0.2, -0.15) is 0 Å². The fraction of sp³-hybridized carbons (Fsp3) is 0.455. The second kappa shape index (κ2) is 5.27. The second-order valence-corrected chi connectivity index (χ2v) is 4.45. The highest BCUT2D eigenvalue weighted by Crippen LogP contribution is 2.15. The van der Waals surface area contributed by atoms with Crippen LogP contribution in [0, 0.1) is 0 Å². The van der Waals surface area contributed by atoms with Crippen LogP contribution in [0.4, 0.5) is 5.69 Å². The number of amides is 1. The number of ether oxygens (including phenoxy) is 1. The molecule has 16 heavy (non-hydrogen) atoms. The average Bonchev–Trinajstić information content (AvgIpc) is 2.21. The summed E-state index contributed by atoms with van der Waals surface area (Å²) in [6, 6.07) is 3.33. The van der Waals surface area contributed by atoms with E-state index in [1.807, 2.05) is 13.8 Å². The van der Waals surface area contributed by atoms with Gasteiger partial charge in [0.05, 0.1) is 23.9 Å². The van der Waals surface area contributed by atoms with Crippen LogP contribution in [0.2, 0.25) is 5.15 Å². The predicted molar refractivity (Wildman–Crippen MR) is 63.6 cm³/mol. The lowest BCUT2D eigenvalue weighted by Crippen LogP contribution is -2.29. The summed E-state index contributed by atoms with van der Waals surface area (Å²) in [6.45, 7) is 3.71. The van der Waals surface area contributed by atoms with Crippen LogP contribution in [0.15, 0.2) is 18.3 Å². The predicted octanol–water partition coefficient (Wildman–Crippen LogP) is 2.49. The lowest BCUT2D eigenvalue weighted by molar-refractivity contribution is -0.121. The minimum Gasteiger partial charge on any atom is -0.378 e. The number of halogens is 1. The quantitative estimate of drug-likeness (QED) is 0.826. The number of nitrogens with one attached hydrogen (secondary N) is 1. The van der Waals surface area contributed by atoms with Crippen LogP contribution in [-0.2, 0) is 9.53 Å². The molecule has 0 unspecified atom stereocenters. The van der Waals surface area contributed by atoms with Crippen molar-refractivity contribution in [3.8, 4) is 0 Å². The molecule has 0 radical (unpaired) electrons. The Morgan fingerprint density at radius 1 is 1.56 bits per heavy atom. The van der Waals surface area contributed by atoms with Crippen molar-refractivity contribution in [1.82, 2.24) is 4.98 Å². The van der Waals surface area contributed by atoms with Crippen LogP contribution < -0.4 is 5.32 Å². The first-order valence-electron chi connectivity index (χ1n) is 4.89. The molecule has 0 aliphatic heterocycles. The SMILES string of the molecule is COC(C)(C)CC(=O)Nc1ccc(Cl)nc1. The largest absolute Gasteiger partial charge is 0.378 e. The zero-order valence-corrected chi connectivity index (χ0v) is 10.3. The van der Waals surface area contributed by atoms with Crippen molar-refractivity contribution in [3.05, 3.63) is 23.5 Å². The van der Waals surface area contributed by atoms with E-state index in [4.69, 9.17) is 16.3 Å². The van der Waals surface area contributed by atoms with E-state index < -0.39 is 5.60 Å². The number of hydrogen-bond donors (Lipinski definition) is 1. The van der Waals surface area contributed by atoms with Gasteiger partial charge in [0.25, 0.3) is 0 Å². The van der Waals surface area contributed by atoms with Crippen LogP contribution in [0.1, 0.15) is 20.3 Å². The lowest BCUT2D eigenvalue weighted by atomic mass is 10.1. The molecule has 1 rings (SSSR count). The second-order valence-electron chi connectivity index (χ2n) is 4.06. The van der Waals surface area contributed by atoms with Gasteiger partial charge in [0.15, 0.2) is 0 Å². The van der Waals surface area contributed by atoms with Gasteiger partial charge in [-0.15, -0.1) is 0 Å². The summed E-state index contributed by atoms with van der Waals surface area (Å²) in [4.78, 5) is 15.5. The zero-order valence-electron chi connectivity index (χ0n) is 9.58. The van der Waals surface area contributed by atoms with Crippen molar-refractivity contribution in [2.75, 3.05) is 12.4 Å². The Bertz CT molecular complexity index is 363. The smallest absolute Gasteiger partial charge is 0.227 e. The minimum atomic E-state index is -0.468. The van der Waals surface area contributed by atoms with Crippen molar-refractivity contribution in [2.45, 2.75) is 25.9 Å². The van der Waals surface area contributed by atoms with E-state index in [0.29, 0.717) is 10.8 Å². The molecular formula is C11H15ClN2O2. The standard InChI is InChI=1S/C11H15ClN2O2/c1-11(2,16-3)6-10(15)14-8-4-5-9(12)13-7-8/h4-5,7H,6H2,1-3H3,(H,14,15).